The predicted molar refractivity (Wildman–Crippen MR) is 148 cm³/mol. The van der Waals surface area contributed by atoms with Gasteiger partial charge in [0.15, 0.2) is 5.78 Å². The molecular formula is C29H26ClF2N5O4. The van der Waals surface area contributed by atoms with E-state index in [0.717, 1.165) is 5.56 Å². The van der Waals surface area contributed by atoms with Gasteiger partial charge in [0.1, 0.15) is 24.6 Å². The molecule has 2 amide bonds. The van der Waals surface area contributed by atoms with E-state index in [1.54, 1.807) is 35.3 Å². The van der Waals surface area contributed by atoms with Crippen LogP contribution in [0.3, 0.4) is 0 Å². The molecule has 2 aromatic heterocycles. The quantitative estimate of drug-likeness (QED) is 0.310. The average molecular weight is 582 g/mol. The van der Waals surface area contributed by atoms with Crippen molar-refractivity contribution in [3.8, 4) is 17.1 Å². The van der Waals surface area contributed by atoms with Crippen molar-refractivity contribution in [3.63, 3.8) is 0 Å². The van der Waals surface area contributed by atoms with Crippen molar-refractivity contribution in [2.75, 3.05) is 13.7 Å². The Labute approximate surface area is 239 Å². The Morgan fingerprint density at radius 2 is 1.90 bits per heavy atom. The molecule has 0 spiro atoms. The number of likely N-dealkylation sites (tertiary alicyclic amines) is 1. The lowest BCUT2D eigenvalue weighted by Crippen LogP contribution is -2.46. The Hall–Kier alpha value is -4.38. The first-order valence-electron chi connectivity index (χ1n) is 12.8. The zero-order valence-corrected chi connectivity index (χ0v) is 23.0. The van der Waals surface area contributed by atoms with E-state index in [9.17, 15) is 23.2 Å². The summed E-state index contributed by atoms with van der Waals surface area (Å²) in [5, 5.41) is 3.14. The van der Waals surface area contributed by atoms with Gasteiger partial charge in [0.05, 0.1) is 18.7 Å². The van der Waals surface area contributed by atoms with Crippen LogP contribution in [0.25, 0.3) is 22.0 Å². The topological polar surface area (TPSA) is 106 Å². The number of nitrogens with zero attached hydrogens (tertiary/aromatic N) is 4. The molecule has 1 fully saturated rings. The molecule has 2 aromatic carbocycles. The molecule has 0 aliphatic carbocycles. The first-order chi connectivity index (χ1) is 19.7. The van der Waals surface area contributed by atoms with Crippen LogP contribution in [0.5, 0.6) is 6.01 Å². The molecule has 1 N–H and O–H groups in total. The van der Waals surface area contributed by atoms with Crippen LogP contribution < -0.4 is 10.1 Å². The summed E-state index contributed by atoms with van der Waals surface area (Å²) in [6.45, 7) is 0.810. The van der Waals surface area contributed by atoms with E-state index in [1.165, 1.54) is 31.1 Å². The summed E-state index contributed by atoms with van der Waals surface area (Å²) in [7, 11) is 1.47. The van der Waals surface area contributed by atoms with Crippen LogP contribution >= 0.6 is 11.6 Å². The fraction of sp³-hybridized carbons (Fsp3) is 0.276. The van der Waals surface area contributed by atoms with Crippen LogP contribution in [0.1, 0.15) is 29.3 Å². The molecule has 1 aliphatic heterocycles. The van der Waals surface area contributed by atoms with Gasteiger partial charge in [0.25, 0.3) is 0 Å². The molecule has 41 heavy (non-hydrogen) atoms. The van der Waals surface area contributed by atoms with E-state index in [-0.39, 0.29) is 48.4 Å². The van der Waals surface area contributed by atoms with E-state index in [0.29, 0.717) is 22.0 Å². The zero-order chi connectivity index (χ0) is 29.3. The van der Waals surface area contributed by atoms with Crippen LogP contribution in [-0.2, 0) is 22.7 Å². The van der Waals surface area contributed by atoms with E-state index >= 15 is 0 Å². The van der Waals surface area contributed by atoms with Crippen molar-refractivity contribution >= 4 is 40.1 Å². The fourth-order valence-corrected chi connectivity index (χ4v) is 5.18. The molecule has 9 nitrogen and oxygen atoms in total. The number of hydrogen-bond donors (Lipinski definition) is 1. The molecule has 1 saturated heterocycles. The van der Waals surface area contributed by atoms with Crippen LogP contribution in [0.15, 0.2) is 55.0 Å². The summed E-state index contributed by atoms with van der Waals surface area (Å²) in [5.41, 5.74) is 2.68. The molecule has 0 saturated carbocycles. The summed E-state index contributed by atoms with van der Waals surface area (Å²) >= 11 is 5.81. The molecule has 1 aliphatic rings. The maximum Gasteiger partial charge on any atom is 0.316 e. The second kappa shape index (κ2) is 11.6. The number of methoxy groups -OCH3 is 1. The van der Waals surface area contributed by atoms with Gasteiger partial charge in [-0.2, -0.15) is 0 Å². The molecule has 0 radical (unpaired) electrons. The summed E-state index contributed by atoms with van der Waals surface area (Å²) < 4.78 is 35.3. The largest absolute Gasteiger partial charge is 0.467 e. The number of rotatable bonds is 8. The number of aromatic nitrogens is 3. The Kier molecular flexibility index (Phi) is 7.98. The van der Waals surface area contributed by atoms with E-state index in [1.807, 2.05) is 12.1 Å². The van der Waals surface area contributed by atoms with Crippen LogP contribution in [0.4, 0.5) is 8.78 Å². The van der Waals surface area contributed by atoms with Crippen LogP contribution in [0, 0.1) is 5.82 Å². The highest BCUT2D eigenvalue weighted by atomic mass is 35.5. The van der Waals surface area contributed by atoms with Crippen molar-refractivity contribution in [2.45, 2.75) is 38.6 Å². The molecule has 212 valence electrons. The highest BCUT2D eigenvalue weighted by Crippen LogP contribution is 2.29. The predicted octanol–water partition coefficient (Wildman–Crippen LogP) is 4.36. The lowest BCUT2D eigenvalue weighted by Gasteiger charge is -2.24. The average Bonchev–Trinajstić information content (AvgIpc) is 3.54. The molecule has 5 rings (SSSR count). The van der Waals surface area contributed by atoms with E-state index in [4.69, 9.17) is 16.3 Å². The number of carbonyl (C=O) groups excluding carboxylic acids is 3. The third-order valence-electron chi connectivity index (χ3n) is 7.07. The maximum atomic E-state index is 14.5. The zero-order valence-electron chi connectivity index (χ0n) is 22.2. The van der Waals surface area contributed by atoms with Gasteiger partial charge in [-0.05, 0) is 30.7 Å². The number of carbonyl (C=O) groups is 3. The number of ether oxygens (including phenoxy) is 1. The lowest BCUT2D eigenvalue weighted by atomic mass is 10.0. The first-order valence-corrected chi connectivity index (χ1v) is 13.2. The summed E-state index contributed by atoms with van der Waals surface area (Å²) in [6, 6.07) is 9.01. The number of Topliss-reactive ketones (excluding diaryl/α,β-unsaturated/α-hetero) is 1. The minimum absolute atomic E-state index is 0.0772. The number of alkyl halides is 1. The number of amides is 2. The molecule has 2 atom stereocenters. The van der Waals surface area contributed by atoms with E-state index < -0.39 is 29.8 Å². The van der Waals surface area contributed by atoms with Crippen molar-refractivity contribution in [3.05, 3.63) is 77.0 Å². The SMILES string of the molecule is COc1ncc(-c2ccc3c(c2)c(C(C)=O)cn3CC(=O)N2C[C@H](F)C[C@H]2C(=O)NCc2cccc(Cl)c2F)cn1. The Morgan fingerprint density at radius 1 is 1.15 bits per heavy atom. The van der Waals surface area contributed by atoms with Crippen molar-refractivity contribution in [2.24, 2.45) is 0 Å². The van der Waals surface area contributed by atoms with Gasteiger partial charge in [-0.15, -0.1) is 0 Å². The second-order valence-electron chi connectivity index (χ2n) is 9.74. The van der Waals surface area contributed by atoms with Crippen LogP contribution in [-0.4, -0.2) is 62.9 Å². The minimum atomic E-state index is -1.39. The normalized spacial score (nSPS) is 16.7. The van der Waals surface area contributed by atoms with Gasteiger partial charge in [0.2, 0.25) is 11.8 Å². The Bertz CT molecular complexity index is 1640. The van der Waals surface area contributed by atoms with Gasteiger partial charge >= 0.3 is 6.01 Å². The number of benzene rings is 2. The number of ketones is 1. The van der Waals surface area contributed by atoms with Gasteiger partial charge in [0, 0.05) is 59.1 Å². The molecule has 12 heteroatoms. The van der Waals surface area contributed by atoms with Crippen LogP contribution in [0.2, 0.25) is 5.02 Å². The fourth-order valence-electron chi connectivity index (χ4n) is 4.99. The minimum Gasteiger partial charge on any atom is -0.467 e. The molecular weight excluding hydrogens is 556 g/mol. The maximum absolute atomic E-state index is 14.5. The molecule has 4 aromatic rings. The lowest BCUT2D eigenvalue weighted by molar-refractivity contribution is -0.139. The molecule has 0 unspecified atom stereocenters. The Morgan fingerprint density at radius 3 is 2.61 bits per heavy atom. The highest BCUT2D eigenvalue weighted by Gasteiger charge is 2.39. The van der Waals surface area contributed by atoms with Crippen molar-refractivity contribution in [1.82, 2.24) is 24.8 Å². The molecule has 0 bridgehead atoms. The summed E-state index contributed by atoms with van der Waals surface area (Å²) in [6.07, 6.45) is 3.23. The first kappa shape index (κ1) is 28.2. The number of fused-ring (bicyclic) bond motifs is 1. The second-order valence-corrected chi connectivity index (χ2v) is 10.2. The van der Waals surface area contributed by atoms with Gasteiger partial charge in [-0.3, -0.25) is 14.4 Å². The molecule has 3 heterocycles. The summed E-state index contributed by atoms with van der Waals surface area (Å²) in [5.74, 6) is -1.93. The van der Waals surface area contributed by atoms with Gasteiger partial charge in [-0.1, -0.05) is 29.8 Å². The van der Waals surface area contributed by atoms with E-state index in [2.05, 4.69) is 15.3 Å². The monoisotopic (exact) mass is 581 g/mol. The number of hydrogen-bond acceptors (Lipinski definition) is 6. The number of halogens is 3. The summed E-state index contributed by atoms with van der Waals surface area (Å²) in [4.78, 5) is 48.2. The van der Waals surface area contributed by atoms with Crippen molar-refractivity contribution < 1.29 is 27.9 Å². The number of nitrogens with one attached hydrogen (secondary N) is 1. The van der Waals surface area contributed by atoms with Gasteiger partial charge in [-0.25, -0.2) is 18.7 Å². The Balaban J connectivity index is 1.36. The van der Waals surface area contributed by atoms with Gasteiger partial charge < -0.3 is 19.5 Å². The van der Waals surface area contributed by atoms with Crippen molar-refractivity contribution in [1.29, 1.82) is 0 Å². The third kappa shape index (κ3) is 5.76. The highest BCUT2D eigenvalue weighted by molar-refractivity contribution is 6.30. The smallest absolute Gasteiger partial charge is 0.316 e. The third-order valence-corrected chi connectivity index (χ3v) is 7.36. The standard InChI is InChI=1S/C29H26ClF2N5O4/c1-16(38)22-14-36(24-7-6-17(8-21(22)24)19-11-34-29(41-2)35-12-19)15-26(39)37-13-20(31)9-25(37)28(40)33-10-18-4-3-5-23(30)27(18)32/h3-8,11-12,14,20,25H,9-10,13,15H2,1-2H3,(H,33,40)/t20-,25+/m1/s1.